The Labute approximate surface area is 189 Å². The summed E-state index contributed by atoms with van der Waals surface area (Å²) in [5.74, 6) is -1.98. The maximum atomic E-state index is 13.2. The van der Waals surface area contributed by atoms with Crippen molar-refractivity contribution in [3.8, 4) is 0 Å². The highest BCUT2D eigenvalue weighted by Crippen LogP contribution is 2.18. The molecule has 0 atom stereocenters. The van der Waals surface area contributed by atoms with Gasteiger partial charge in [-0.05, 0) is 50.2 Å². The van der Waals surface area contributed by atoms with E-state index in [0.717, 1.165) is 21.7 Å². The van der Waals surface area contributed by atoms with Crippen LogP contribution in [0, 0.1) is 13.8 Å². The third-order valence-corrected chi connectivity index (χ3v) is 6.68. The first-order valence-electron chi connectivity index (χ1n) is 10.1. The molecule has 3 rings (SSSR count). The number of likely N-dealkylation sites (N-methyl/N-ethyl adjacent to an activating group) is 1. The molecule has 0 aliphatic heterocycles. The zero-order valence-corrected chi connectivity index (χ0v) is 19.2. The van der Waals surface area contributed by atoms with Crippen LogP contribution >= 0.6 is 0 Å². The van der Waals surface area contributed by atoms with Crippen LogP contribution in [0.5, 0.6) is 0 Å². The molecule has 2 amide bonds. The number of benzene rings is 3. The van der Waals surface area contributed by atoms with Crippen LogP contribution in [0.4, 0.5) is 5.69 Å². The average molecular weight is 451 g/mol. The Bertz CT molecular complexity index is 1190. The molecule has 0 fully saturated rings. The molecule has 3 aromatic rings. The quantitative estimate of drug-likeness (QED) is 0.547. The summed E-state index contributed by atoms with van der Waals surface area (Å²) in [6.45, 7) is 3.67. The lowest BCUT2D eigenvalue weighted by Crippen LogP contribution is -2.45. The normalized spacial score (nSPS) is 11.1. The number of nitrogens with zero attached hydrogens (tertiary/aromatic N) is 2. The highest BCUT2D eigenvalue weighted by molar-refractivity contribution is 7.91. The van der Waals surface area contributed by atoms with Crippen LogP contribution in [0.1, 0.15) is 21.5 Å². The van der Waals surface area contributed by atoms with E-state index in [9.17, 15) is 18.0 Å². The van der Waals surface area contributed by atoms with Gasteiger partial charge in [-0.3, -0.25) is 14.5 Å². The molecule has 0 N–H and O–H groups in total. The second kappa shape index (κ2) is 9.78. The molecule has 3 aromatic carbocycles. The van der Waals surface area contributed by atoms with Gasteiger partial charge in [0.15, 0.2) is 9.84 Å². The Morgan fingerprint density at radius 3 is 1.88 bits per heavy atom. The monoisotopic (exact) mass is 450 g/mol. The van der Waals surface area contributed by atoms with Gasteiger partial charge in [-0.25, -0.2) is 8.42 Å². The predicted molar refractivity (Wildman–Crippen MR) is 125 cm³/mol. The number of anilines is 1. The first-order valence-corrected chi connectivity index (χ1v) is 11.8. The standard InChI is InChI=1S/C25H26N2O4S/c1-19-9-13-22(14-10-19)26(3)17-24(28)27(25(29)21-7-5-4-6-8-21)18-32(30,31)23-15-11-20(2)12-16-23/h4-16H,17-18H2,1-3H3. The number of aryl methyl sites for hydroxylation is 2. The maximum absolute atomic E-state index is 13.2. The summed E-state index contributed by atoms with van der Waals surface area (Å²) in [7, 11) is -2.19. The highest BCUT2D eigenvalue weighted by atomic mass is 32.2. The SMILES string of the molecule is Cc1ccc(N(C)CC(=O)N(CS(=O)(=O)c2ccc(C)cc2)C(=O)c2ccccc2)cc1. The first-order chi connectivity index (χ1) is 15.2. The lowest BCUT2D eigenvalue weighted by atomic mass is 10.2. The van der Waals surface area contributed by atoms with E-state index in [4.69, 9.17) is 0 Å². The lowest BCUT2D eigenvalue weighted by molar-refractivity contribution is -0.126. The summed E-state index contributed by atoms with van der Waals surface area (Å²) in [6.07, 6.45) is 0. The molecule has 7 heteroatoms. The van der Waals surface area contributed by atoms with Gasteiger partial charge < -0.3 is 4.90 Å². The number of hydrogen-bond donors (Lipinski definition) is 0. The molecule has 0 aromatic heterocycles. The van der Waals surface area contributed by atoms with Crippen molar-refractivity contribution in [2.75, 3.05) is 24.4 Å². The molecule has 0 aliphatic rings. The van der Waals surface area contributed by atoms with Crippen molar-refractivity contribution >= 4 is 27.3 Å². The summed E-state index contributed by atoms with van der Waals surface area (Å²) in [4.78, 5) is 28.9. The van der Waals surface area contributed by atoms with E-state index >= 15 is 0 Å². The van der Waals surface area contributed by atoms with Crippen LogP contribution in [-0.4, -0.2) is 44.6 Å². The maximum Gasteiger partial charge on any atom is 0.261 e. The molecule has 0 heterocycles. The number of amides is 2. The van der Waals surface area contributed by atoms with E-state index in [-0.39, 0.29) is 17.0 Å². The number of carbonyl (C=O) groups excluding carboxylic acids is 2. The number of rotatable bonds is 7. The second-order valence-electron chi connectivity index (χ2n) is 7.74. The topological polar surface area (TPSA) is 74.8 Å². The van der Waals surface area contributed by atoms with Gasteiger partial charge in [0, 0.05) is 18.3 Å². The zero-order valence-electron chi connectivity index (χ0n) is 18.4. The Morgan fingerprint density at radius 2 is 1.31 bits per heavy atom. The minimum atomic E-state index is -3.91. The third kappa shape index (κ3) is 5.62. The van der Waals surface area contributed by atoms with Crippen molar-refractivity contribution in [3.63, 3.8) is 0 Å². The summed E-state index contributed by atoms with van der Waals surface area (Å²) >= 11 is 0. The van der Waals surface area contributed by atoms with Crippen molar-refractivity contribution < 1.29 is 18.0 Å². The van der Waals surface area contributed by atoms with E-state index in [1.165, 1.54) is 12.1 Å². The first kappa shape index (κ1) is 23.2. The molecule has 6 nitrogen and oxygen atoms in total. The van der Waals surface area contributed by atoms with Crippen LogP contribution < -0.4 is 4.90 Å². The van der Waals surface area contributed by atoms with Crippen LogP contribution in [0.15, 0.2) is 83.8 Å². The van der Waals surface area contributed by atoms with Crippen LogP contribution in [0.2, 0.25) is 0 Å². The Kier molecular flexibility index (Phi) is 7.10. The van der Waals surface area contributed by atoms with Crippen molar-refractivity contribution in [2.45, 2.75) is 18.7 Å². The van der Waals surface area contributed by atoms with E-state index in [2.05, 4.69) is 0 Å². The minimum Gasteiger partial charge on any atom is -0.365 e. The van der Waals surface area contributed by atoms with Crippen LogP contribution in [-0.2, 0) is 14.6 Å². The molecule has 0 unspecified atom stereocenters. The van der Waals surface area contributed by atoms with Gasteiger partial charge in [0.05, 0.1) is 11.4 Å². The van der Waals surface area contributed by atoms with Crippen LogP contribution in [0.3, 0.4) is 0 Å². The Morgan fingerprint density at radius 1 is 0.781 bits per heavy atom. The summed E-state index contributed by atoms with van der Waals surface area (Å²) in [6, 6.07) is 22.1. The predicted octanol–water partition coefficient (Wildman–Crippen LogP) is 3.84. The molecular weight excluding hydrogens is 424 g/mol. The fourth-order valence-corrected chi connectivity index (χ4v) is 4.45. The van der Waals surface area contributed by atoms with Gasteiger partial charge >= 0.3 is 0 Å². The Balaban J connectivity index is 1.89. The van der Waals surface area contributed by atoms with E-state index in [1.807, 2.05) is 38.1 Å². The van der Waals surface area contributed by atoms with Gasteiger partial charge in [-0.15, -0.1) is 0 Å². The Hall–Kier alpha value is -3.45. The van der Waals surface area contributed by atoms with Crippen molar-refractivity contribution in [1.29, 1.82) is 0 Å². The third-order valence-electron chi connectivity index (χ3n) is 5.09. The zero-order chi connectivity index (χ0) is 23.3. The minimum absolute atomic E-state index is 0.0636. The molecule has 0 bridgehead atoms. The fourth-order valence-electron chi connectivity index (χ4n) is 3.15. The molecule has 32 heavy (non-hydrogen) atoms. The fraction of sp³-hybridized carbons (Fsp3) is 0.200. The smallest absolute Gasteiger partial charge is 0.261 e. The molecule has 0 saturated heterocycles. The van der Waals surface area contributed by atoms with Crippen molar-refractivity contribution in [2.24, 2.45) is 0 Å². The number of hydrogen-bond acceptors (Lipinski definition) is 5. The lowest BCUT2D eigenvalue weighted by Gasteiger charge is -2.25. The summed E-state index contributed by atoms with van der Waals surface area (Å²) in [5, 5.41) is 0. The number of sulfone groups is 1. The second-order valence-corrected chi connectivity index (χ2v) is 9.70. The van der Waals surface area contributed by atoms with E-state index in [0.29, 0.717) is 0 Å². The van der Waals surface area contributed by atoms with Gasteiger partial charge in [0.1, 0.15) is 5.88 Å². The summed E-state index contributed by atoms with van der Waals surface area (Å²) < 4.78 is 26.1. The van der Waals surface area contributed by atoms with Gasteiger partial charge in [0.25, 0.3) is 5.91 Å². The van der Waals surface area contributed by atoms with Crippen LogP contribution in [0.25, 0.3) is 0 Å². The molecular formula is C25H26N2O4S. The molecule has 0 spiro atoms. The molecule has 0 aliphatic carbocycles. The summed E-state index contributed by atoms with van der Waals surface area (Å²) in [5.41, 5.74) is 3.03. The van der Waals surface area contributed by atoms with Crippen molar-refractivity contribution in [1.82, 2.24) is 4.90 Å². The molecule has 0 radical (unpaired) electrons. The van der Waals surface area contributed by atoms with Gasteiger partial charge in [-0.2, -0.15) is 0 Å². The van der Waals surface area contributed by atoms with E-state index in [1.54, 1.807) is 54.4 Å². The molecule has 0 saturated carbocycles. The number of carbonyl (C=O) groups is 2. The number of imide groups is 1. The highest BCUT2D eigenvalue weighted by Gasteiger charge is 2.29. The van der Waals surface area contributed by atoms with Crippen molar-refractivity contribution in [3.05, 3.63) is 95.6 Å². The van der Waals surface area contributed by atoms with E-state index < -0.39 is 27.5 Å². The largest absolute Gasteiger partial charge is 0.365 e. The van der Waals surface area contributed by atoms with Gasteiger partial charge in [-0.1, -0.05) is 53.6 Å². The average Bonchev–Trinajstić information content (AvgIpc) is 2.78. The van der Waals surface area contributed by atoms with Gasteiger partial charge in [0.2, 0.25) is 5.91 Å². The molecule has 166 valence electrons.